The van der Waals surface area contributed by atoms with Gasteiger partial charge in [0.15, 0.2) is 5.75 Å². The Bertz CT molecular complexity index is 683. The molecule has 0 saturated heterocycles. The Morgan fingerprint density at radius 1 is 1.14 bits per heavy atom. The molecule has 0 radical (unpaired) electrons. The molecular weight excluding hydrogens is 341 g/mol. The van der Waals surface area contributed by atoms with E-state index >= 15 is 0 Å². The van der Waals surface area contributed by atoms with Crippen molar-refractivity contribution in [1.29, 1.82) is 0 Å². The van der Waals surface area contributed by atoms with Crippen molar-refractivity contribution in [2.24, 2.45) is 0 Å². The lowest BCUT2D eigenvalue weighted by molar-refractivity contribution is -0.384. The predicted molar refractivity (Wildman–Crippen MR) is 80.6 cm³/mol. The van der Waals surface area contributed by atoms with Gasteiger partial charge in [0.2, 0.25) is 0 Å². The molecule has 2 rings (SSSR count). The van der Waals surface area contributed by atoms with Gasteiger partial charge in [-0.05, 0) is 12.1 Å². The first-order chi connectivity index (χ1) is 9.92. The number of ether oxygens (including phenoxy) is 1. The van der Waals surface area contributed by atoms with E-state index in [1.54, 1.807) is 12.1 Å². The van der Waals surface area contributed by atoms with E-state index in [4.69, 9.17) is 39.5 Å². The summed E-state index contributed by atoms with van der Waals surface area (Å²) in [4.78, 5) is 10.1. The van der Waals surface area contributed by atoms with Gasteiger partial charge in [0, 0.05) is 22.7 Å². The largest absolute Gasteiger partial charge is 0.454 e. The molecule has 0 unspecified atom stereocenters. The van der Waals surface area contributed by atoms with Gasteiger partial charge in [-0.15, -0.1) is 0 Å². The van der Waals surface area contributed by atoms with Gasteiger partial charge in [-0.2, -0.15) is 0 Å². The first-order valence-corrected chi connectivity index (χ1v) is 6.76. The summed E-state index contributed by atoms with van der Waals surface area (Å²) in [5.41, 5.74) is 0.232. The second-order valence-electron chi connectivity index (χ2n) is 4.01. The molecule has 0 spiro atoms. The third-order valence-corrected chi connectivity index (χ3v) is 3.40. The van der Waals surface area contributed by atoms with E-state index in [0.29, 0.717) is 10.6 Å². The molecule has 110 valence electrons. The Morgan fingerprint density at radius 2 is 1.76 bits per heavy atom. The van der Waals surface area contributed by atoms with Crippen molar-refractivity contribution >= 4 is 40.5 Å². The number of aliphatic hydroxyl groups is 1. The van der Waals surface area contributed by atoms with E-state index in [-0.39, 0.29) is 33.8 Å². The van der Waals surface area contributed by atoms with Crippen molar-refractivity contribution in [3.8, 4) is 11.5 Å². The van der Waals surface area contributed by atoms with E-state index in [0.717, 1.165) is 12.1 Å². The number of nitro groups is 1. The third kappa shape index (κ3) is 3.57. The van der Waals surface area contributed by atoms with Crippen molar-refractivity contribution in [2.75, 3.05) is 0 Å². The lowest BCUT2D eigenvalue weighted by Gasteiger charge is -2.12. The molecule has 0 aliphatic heterocycles. The Morgan fingerprint density at radius 3 is 2.29 bits per heavy atom. The van der Waals surface area contributed by atoms with Crippen LogP contribution in [0.5, 0.6) is 11.5 Å². The second kappa shape index (κ2) is 6.49. The summed E-state index contributed by atoms with van der Waals surface area (Å²) < 4.78 is 5.55. The zero-order valence-corrected chi connectivity index (χ0v) is 12.6. The summed E-state index contributed by atoms with van der Waals surface area (Å²) in [6.45, 7) is -0.269. The molecule has 0 atom stereocenters. The lowest BCUT2D eigenvalue weighted by atomic mass is 10.2. The molecule has 0 fully saturated rings. The van der Waals surface area contributed by atoms with Crippen molar-refractivity contribution in [2.45, 2.75) is 6.61 Å². The number of hydrogen-bond acceptors (Lipinski definition) is 4. The van der Waals surface area contributed by atoms with Gasteiger partial charge in [-0.25, -0.2) is 0 Å². The highest BCUT2D eigenvalue weighted by Gasteiger charge is 2.17. The van der Waals surface area contributed by atoms with E-state index in [1.165, 1.54) is 6.07 Å². The van der Waals surface area contributed by atoms with Crippen LogP contribution in [0.1, 0.15) is 5.56 Å². The smallest absolute Gasteiger partial charge is 0.272 e. The topological polar surface area (TPSA) is 72.6 Å². The van der Waals surface area contributed by atoms with Gasteiger partial charge in [-0.1, -0.05) is 40.9 Å². The standard InChI is InChI=1S/C13H8Cl3NO4/c14-8-2-1-7(6-18)12(3-8)21-13-10(15)4-9(17(19)20)5-11(13)16/h1-5,18H,6H2. The molecule has 0 aliphatic rings. The quantitative estimate of drug-likeness (QED) is 0.634. The van der Waals surface area contributed by atoms with Crippen LogP contribution in [-0.2, 0) is 6.61 Å². The van der Waals surface area contributed by atoms with Crippen molar-refractivity contribution in [1.82, 2.24) is 0 Å². The molecule has 0 bridgehead atoms. The normalized spacial score (nSPS) is 10.5. The molecule has 21 heavy (non-hydrogen) atoms. The minimum atomic E-state index is -0.611. The molecular formula is C13H8Cl3NO4. The summed E-state index contributed by atoms with van der Waals surface area (Å²) in [7, 11) is 0. The van der Waals surface area contributed by atoms with Gasteiger partial charge in [0.1, 0.15) is 5.75 Å². The number of hydrogen-bond donors (Lipinski definition) is 1. The number of nitrogens with zero attached hydrogens (tertiary/aromatic N) is 1. The number of non-ortho nitro benzene ring substituents is 1. The first kappa shape index (κ1) is 15.9. The minimum absolute atomic E-state index is 0.0157. The summed E-state index contributed by atoms with van der Waals surface area (Å²) in [6.07, 6.45) is 0. The molecule has 0 saturated carbocycles. The van der Waals surface area contributed by atoms with Crippen LogP contribution in [0.2, 0.25) is 15.1 Å². The fourth-order valence-corrected chi connectivity index (χ4v) is 2.33. The lowest BCUT2D eigenvalue weighted by Crippen LogP contribution is -1.95. The molecule has 8 heteroatoms. The number of benzene rings is 2. The minimum Gasteiger partial charge on any atom is -0.454 e. The Balaban J connectivity index is 2.45. The number of nitro benzene ring substituents is 1. The maximum Gasteiger partial charge on any atom is 0.272 e. The molecule has 2 aromatic carbocycles. The number of aliphatic hydroxyl groups excluding tert-OH is 1. The highest BCUT2D eigenvalue weighted by molar-refractivity contribution is 6.37. The zero-order valence-electron chi connectivity index (χ0n) is 10.3. The molecule has 0 amide bonds. The Labute approximate surface area is 134 Å². The molecule has 0 heterocycles. The summed E-state index contributed by atoms with van der Waals surface area (Å²) in [5, 5.41) is 20.3. The molecule has 0 aromatic heterocycles. The van der Waals surface area contributed by atoms with Gasteiger partial charge < -0.3 is 9.84 Å². The third-order valence-electron chi connectivity index (χ3n) is 2.61. The van der Waals surface area contributed by atoms with Crippen LogP contribution in [0.3, 0.4) is 0 Å². The predicted octanol–water partition coefficient (Wildman–Crippen LogP) is 4.84. The second-order valence-corrected chi connectivity index (χ2v) is 5.26. The van der Waals surface area contributed by atoms with Gasteiger partial charge >= 0.3 is 0 Å². The van der Waals surface area contributed by atoms with Gasteiger partial charge in [0.25, 0.3) is 5.69 Å². The molecule has 5 nitrogen and oxygen atoms in total. The fraction of sp³-hybridized carbons (Fsp3) is 0.0769. The average Bonchev–Trinajstić information content (AvgIpc) is 2.42. The van der Waals surface area contributed by atoms with Crippen molar-refractivity contribution < 1.29 is 14.8 Å². The van der Waals surface area contributed by atoms with E-state index < -0.39 is 4.92 Å². The number of halogens is 3. The fourth-order valence-electron chi connectivity index (χ4n) is 1.61. The van der Waals surface area contributed by atoms with Gasteiger partial charge in [0.05, 0.1) is 21.6 Å². The summed E-state index contributed by atoms with van der Waals surface area (Å²) in [5.74, 6) is 0.323. The van der Waals surface area contributed by atoms with Crippen LogP contribution in [0.25, 0.3) is 0 Å². The summed E-state index contributed by atoms with van der Waals surface area (Å²) in [6, 6.07) is 6.93. The highest BCUT2D eigenvalue weighted by Crippen LogP contribution is 2.40. The molecule has 2 aromatic rings. The van der Waals surface area contributed by atoms with E-state index in [2.05, 4.69) is 0 Å². The van der Waals surface area contributed by atoms with Crippen LogP contribution in [-0.4, -0.2) is 10.0 Å². The van der Waals surface area contributed by atoms with Crippen LogP contribution < -0.4 is 4.74 Å². The van der Waals surface area contributed by atoms with E-state index in [9.17, 15) is 15.2 Å². The van der Waals surface area contributed by atoms with Gasteiger partial charge in [-0.3, -0.25) is 10.1 Å². The monoisotopic (exact) mass is 347 g/mol. The van der Waals surface area contributed by atoms with Crippen molar-refractivity contribution in [3.05, 3.63) is 61.1 Å². The maximum absolute atomic E-state index is 10.7. The summed E-state index contributed by atoms with van der Waals surface area (Å²) >= 11 is 17.8. The SMILES string of the molecule is O=[N+]([O-])c1cc(Cl)c(Oc2cc(Cl)ccc2CO)c(Cl)c1. The van der Waals surface area contributed by atoms with Crippen molar-refractivity contribution in [3.63, 3.8) is 0 Å². The Kier molecular flexibility index (Phi) is 4.90. The van der Waals surface area contributed by atoms with Crippen LogP contribution >= 0.6 is 34.8 Å². The van der Waals surface area contributed by atoms with E-state index in [1.807, 2.05) is 0 Å². The maximum atomic E-state index is 10.7. The molecule has 0 aliphatic carbocycles. The average molecular weight is 349 g/mol. The first-order valence-electron chi connectivity index (χ1n) is 5.63. The Hall–Kier alpha value is -1.53. The van der Waals surface area contributed by atoms with Crippen LogP contribution in [0.4, 0.5) is 5.69 Å². The zero-order chi connectivity index (χ0) is 15.6. The van der Waals surface area contributed by atoms with Crippen LogP contribution in [0.15, 0.2) is 30.3 Å². The molecule has 1 N–H and O–H groups in total. The highest BCUT2D eigenvalue weighted by atomic mass is 35.5. The van der Waals surface area contributed by atoms with Crippen LogP contribution in [0, 0.1) is 10.1 Å². The number of rotatable bonds is 4.